The van der Waals surface area contributed by atoms with Crippen LogP contribution in [0.2, 0.25) is 0 Å². The van der Waals surface area contributed by atoms with Gasteiger partial charge in [0.1, 0.15) is 0 Å². The molecule has 0 aliphatic heterocycles. The van der Waals surface area contributed by atoms with Crippen molar-refractivity contribution in [2.45, 2.75) is 195 Å². The van der Waals surface area contributed by atoms with Crippen molar-refractivity contribution in [2.24, 2.45) is 0 Å². The number of unbranched alkanes of at least 4 members (excludes halogenated alkanes) is 22. The lowest BCUT2D eigenvalue weighted by molar-refractivity contribution is 0.560. The summed E-state index contributed by atoms with van der Waals surface area (Å²) in [5, 5.41) is 0. The zero-order valence-electron chi connectivity index (χ0n) is 25.7. The summed E-state index contributed by atoms with van der Waals surface area (Å²) in [7, 11) is -0.704. The fraction of sp³-hybridized carbons (Fsp3) is 1.00. The maximum absolute atomic E-state index is 2.39. The van der Waals surface area contributed by atoms with E-state index in [0.29, 0.717) is 0 Å². The maximum atomic E-state index is 2.39. The molecule has 0 N–H and O–H groups in total. The second-order valence-corrected chi connectivity index (χ2v) is 16.5. The molecule has 0 aliphatic rings. The van der Waals surface area contributed by atoms with Gasteiger partial charge in [-0.2, -0.15) is 0 Å². The Balaban J connectivity index is 4.34. The van der Waals surface area contributed by atoms with E-state index in [9.17, 15) is 0 Å². The van der Waals surface area contributed by atoms with Gasteiger partial charge in [0.05, 0.1) is 24.6 Å². The minimum atomic E-state index is -0.704. The highest BCUT2D eigenvalue weighted by Gasteiger charge is 2.34. The summed E-state index contributed by atoms with van der Waals surface area (Å²) in [4.78, 5) is 0. The van der Waals surface area contributed by atoms with Gasteiger partial charge < -0.3 is 0 Å². The van der Waals surface area contributed by atoms with E-state index in [2.05, 4.69) is 27.7 Å². The molecule has 0 radical (unpaired) electrons. The topological polar surface area (TPSA) is 0 Å². The van der Waals surface area contributed by atoms with Gasteiger partial charge in [0.15, 0.2) is 0 Å². The number of hydrogen-bond donors (Lipinski definition) is 0. The highest BCUT2D eigenvalue weighted by Crippen LogP contribution is 2.61. The minimum Gasteiger partial charge on any atom is -0.0654 e. The molecule has 1 heteroatoms. The second-order valence-electron chi connectivity index (χ2n) is 12.0. The Kier molecular flexibility index (Phi) is 29.3. The molecule has 0 rings (SSSR count). The molecule has 0 saturated carbocycles. The molecule has 35 heavy (non-hydrogen) atoms. The zero-order chi connectivity index (χ0) is 25.7. The maximum Gasteiger partial charge on any atom is 0.0594 e. The van der Waals surface area contributed by atoms with E-state index in [1.807, 2.05) is 0 Å². The summed E-state index contributed by atoms with van der Waals surface area (Å²) >= 11 is 0. The van der Waals surface area contributed by atoms with Gasteiger partial charge in [-0.05, 0) is 38.5 Å². The normalized spacial score (nSPS) is 12.0. The van der Waals surface area contributed by atoms with E-state index in [-0.39, 0.29) is 0 Å². The Hall–Kier alpha value is 0.430. The molecule has 0 amide bonds. The van der Waals surface area contributed by atoms with Gasteiger partial charge in [-0.25, -0.2) is 0 Å². The predicted molar refractivity (Wildman–Crippen MR) is 169 cm³/mol. The summed E-state index contributed by atoms with van der Waals surface area (Å²) in [6.07, 6.45) is 45.1. The molecule has 0 saturated heterocycles. The van der Waals surface area contributed by atoms with Gasteiger partial charge in [0, 0.05) is 7.26 Å². The minimum absolute atomic E-state index is 0.704. The molecule has 0 bridgehead atoms. The molecule has 0 aromatic carbocycles. The van der Waals surface area contributed by atoms with Crippen molar-refractivity contribution in [3.63, 3.8) is 0 Å². The molecule has 212 valence electrons. The highest BCUT2D eigenvalue weighted by atomic mass is 31.2. The van der Waals surface area contributed by atoms with Crippen molar-refractivity contribution >= 4 is 7.26 Å². The van der Waals surface area contributed by atoms with Crippen molar-refractivity contribution in [1.82, 2.24) is 0 Å². The average Bonchev–Trinajstić information content (AvgIpc) is 2.86. The van der Waals surface area contributed by atoms with E-state index >= 15 is 0 Å². The van der Waals surface area contributed by atoms with E-state index in [1.165, 1.54) is 154 Å². The van der Waals surface area contributed by atoms with Gasteiger partial charge >= 0.3 is 0 Å². The average molecular weight is 512 g/mol. The lowest BCUT2D eigenvalue weighted by atomic mass is 10.1. The summed E-state index contributed by atoms with van der Waals surface area (Å²) in [6, 6.07) is 0. The molecule has 0 atom stereocenters. The molecule has 0 spiro atoms. The van der Waals surface area contributed by atoms with Crippen LogP contribution in [0.4, 0.5) is 0 Å². The lowest BCUT2D eigenvalue weighted by Crippen LogP contribution is -2.13. The molecule has 0 heterocycles. The van der Waals surface area contributed by atoms with Crippen LogP contribution < -0.4 is 0 Å². The molecule has 0 aromatic rings. The van der Waals surface area contributed by atoms with Crippen LogP contribution in [-0.2, 0) is 0 Å². The fourth-order valence-corrected chi connectivity index (χ4v) is 10.9. The smallest absolute Gasteiger partial charge is 0.0594 e. The van der Waals surface area contributed by atoms with E-state index in [4.69, 9.17) is 0 Å². The van der Waals surface area contributed by atoms with Crippen molar-refractivity contribution in [2.75, 3.05) is 24.6 Å². The summed E-state index contributed by atoms with van der Waals surface area (Å²) < 4.78 is 0. The van der Waals surface area contributed by atoms with Crippen LogP contribution in [0.3, 0.4) is 0 Å². The van der Waals surface area contributed by atoms with Crippen LogP contribution in [0, 0.1) is 0 Å². The van der Waals surface area contributed by atoms with Crippen LogP contribution in [-0.4, -0.2) is 24.6 Å². The van der Waals surface area contributed by atoms with Crippen LogP contribution in [0.5, 0.6) is 0 Å². The monoisotopic (exact) mass is 512 g/mol. The van der Waals surface area contributed by atoms with E-state index in [0.717, 1.165) is 0 Å². The first-order chi connectivity index (χ1) is 17.2. The molecule has 0 nitrogen and oxygen atoms in total. The van der Waals surface area contributed by atoms with Gasteiger partial charge in [-0.3, -0.25) is 0 Å². The third kappa shape index (κ3) is 24.5. The Bertz CT molecular complexity index is 341. The summed E-state index contributed by atoms with van der Waals surface area (Å²) in [5.41, 5.74) is 0. The van der Waals surface area contributed by atoms with Crippen LogP contribution in [0.25, 0.3) is 0 Å². The lowest BCUT2D eigenvalue weighted by Gasteiger charge is -2.28. The van der Waals surface area contributed by atoms with Crippen LogP contribution in [0.15, 0.2) is 0 Å². The van der Waals surface area contributed by atoms with E-state index in [1.54, 1.807) is 37.5 Å². The van der Waals surface area contributed by atoms with E-state index < -0.39 is 7.26 Å². The predicted octanol–water partition coefficient (Wildman–Crippen LogP) is 13.2. The Labute approximate surface area is 226 Å². The van der Waals surface area contributed by atoms with Crippen molar-refractivity contribution in [3.05, 3.63) is 0 Å². The number of hydrogen-bond acceptors (Lipinski definition) is 0. The first-order valence-electron chi connectivity index (χ1n) is 17.1. The second kappa shape index (κ2) is 29.0. The summed E-state index contributed by atoms with van der Waals surface area (Å²) in [5.74, 6) is 0. The van der Waals surface area contributed by atoms with Gasteiger partial charge in [-0.15, -0.1) is 0 Å². The first-order valence-corrected chi connectivity index (χ1v) is 19.6. The fourth-order valence-electron chi connectivity index (χ4n) is 5.93. The Morgan fingerprint density at radius 2 is 0.400 bits per heavy atom. The molecule has 0 unspecified atom stereocenters. The molecule has 0 aliphatic carbocycles. The largest absolute Gasteiger partial charge is 0.0654 e. The van der Waals surface area contributed by atoms with Crippen molar-refractivity contribution in [3.8, 4) is 0 Å². The van der Waals surface area contributed by atoms with Crippen molar-refractivity contribution < 1.29 is 0 Å². The highest BCUT2D eigenvalue weighted by molar-refractivity contribution is 7.75. The van der Waals surface area contributed by atoms with Crippen molar-refractivity contribution in [1.29, 1.82) is 0 Å². The third-order valence-corrected chi connectivity index (χ3v) is 13.5. The molecular weight excluding hydrogens is 439 g/mol. The quantitative estimate of drug-likeness (QED) is 0.0664. The Morgan fingerprint density at radius 3 is 0.657 bits per heavy atom. The molecular formula is C34H72P+. The van der Waals surface area contributed by atoms with Gasteiger partial charge in [0.2, 0.25) is 0 Å². The number of rotatable bonds is 30. The molecule has 0 aromatic heterocycles. The van der Waals surface area contributed by atoms with Crippen LogP contribution >= 0.6 is 7.26 Å². The molecule has 0 fully saturated rings. The first kappa shape index (κ1) is 35.4. The zero-order valence-corrected chi connectivity index (χ0v) is 26.6. The summed E-state index contributed by atoms with van der Waals surface area (Å²) in [6.45, 7) is 9.43. The standard InChI is InChI=1S/C34H72P/c1-5-9-13-15-17-19-21-23-25-29-33-35(31-27-11-7-3,32-28-12-8-4)34-30-26-24-22-20-18-16-14-10-6-2/h5-34H2,1-4H3/q+1. The van der Waals surface area contributed by atoms with Crippen LogP contribution in [0.1, 0.15) is 195 Å². The SMILES string of the molecule is CCCCCCCCCCCC[P+](CCCCC)(CCCCC)CCCCCCCCCCCC. The van der Waals surface area contributed by atoms with Gasteiger partial charge in [0.25, 0.3) is 0 Å². The third-order valence-electron chi connectivity index (χ3n) is 8.44. The van der Waals surface area contributed by atoms with Gasteiger partial charge in [-0.1, -0.05) is 156 Å². The Morgan fingerprint density at radius 1 is 0.229 bits per heavy atom.